The molecule has 3 aliphatic rings. The molecular formula is C19H24N2O4S. The Kier molecular flexibility index (Phi) is 4.10. The van der Waals surface area contributed by atoms with Crippen molar-refractivity contribution in [3.05, 3.63) is 29.3 Å². The summed E-state index contributed by atoms with van der Waals surface area (Å²) in [5.74, 6) is 0.0512. The van der Waals surface area contributed by atoms with Gasteiger partial charge in [-0.1, -0.05) is 6.92 Å². The van der Waals surface area contributed by atoms with Gasteiger partial charge in [0.25, 0.3) is 21.8 Å². The number of hydrogen-bond acceptors (Lipinski definition) is 4. The fraction of sp³-hybridized carbons (Fsp3) is 0.579. The van der Waals surface area contributed by atoms with Crippen LogP contribution in [0.25, 0.3) is 0 Å². The number of benzene rings is 1. The molecule has 2 amide bonds. The number of fused-ring (bicyclic) bond motifs is 1. The van der Waals surface area contributed by atoms with Gasteiger partial charge in [-0.15, -0.1) is 0 Å². The monoisotopic (exact) mass is 376 g/mol. The first-order chi connectivity index (χ1) is 12.3. The lowest BCUT2D eigenvalue weighted by atomic mass is 9.86. The van der Waals surface area contributed by atoms with Gasteiger partial charge >= 0.3 is 0 Å². The summed E-state index contributed by atoms with van der Waals surface area (Å²) in [6.07, 6.45) is 5.58. The summed E-state index contributed by atoms with van der Waals surface area (Å²) >= 11 is 0. The molecule has 4 rings (SSSR count). The van der Waals surface area contributed by atoms with E-state index in [2.05, 4.69) is 6.92 Å². The highest BCUT2D eigenvalue weighted by Gasteiger charge is 2.49. The van der Waals surface area contributed by atoms with Crippen LogP contribution < -0.4 is 0 Å². The Bertz CT molecular complexity index is 868. The SMILES string of the molecule is CC1CCC(N(C)C(=O)c2ccc3c(c2)S(=O)(=O)N(C2CC2)C3=O)CC1. The van der Waals surface area contributed by atoms with Crippen molar-refractivity contribution < 1.29 is 18.0 Å². The maximum atomic E-state index is 12.9. The summed E-state index contributed by atoms with van der Waals surface area (Å²) in [6.45, 7) is 2.23. The Balaban J connectivity index is 1.61. The summed E-state index contributed by atoms with van der Waals surface area (Å²) in [5.41, 5.74) is 0.515. The number of carbonyl (C=O) groups excluding carboxylic acids is 2. The quantitative estimate of drug-likeness (QED) is 0.813. The van der Waals surface area contributed by atoms with E-state index in [1.165, 1.54) is 12.1 Å². The van der Waals surface area contributed by atoms with Gasteiger partial charge in [0.05, 0.1) is 5.56 Å². The summed E-state index contributed by atoms with van der Waals surface area (Å²) in [6, 6.07) is 4.42. The van der Waals surface area contributed by atoms with Crippen LogP contribution in [-0.2, 0) is 10.0 Å². The third-order valence-electron chi connectivity index (χ3n) is 5.93. The van der Waals surface area contributed by atoms with Gasteiger partial charge in [0, 0.05) is 24.7 Å². The standard InChI is InChI=1S/C19H24N2O4S/c1-12-3-6-14(7-4-12)20(2)18(22)13-5-10-16-17(11-13)26(24,25)21(19(16)23)15-8-9-15/h5,10-12,14-15H,3-4,6-9H2,1-2H3. The van der Waals surface area contributed by atoms with Crippen LogP contribution in [0.4, 0.5) is 0 Å². The van der Waals surface area contributed by atoms with Crippen molar-refractivity contribution in [3.63, 3.8) is 0 Å². The van der Waals surface area contributed by atoms with E-state index in [4.69, 9.17) is 0 Å². The zero-order valence-corrected chi connectivity index (χ0v) is 16.0. The molecule has 6 nitrogen and oxygen atoms in total. The predicted molar refractivity (Wildman–Crippen MR) is 96.3 cm³/mol. The molecule has 1 aromatic rings. The van der Waals surface area contributed by atoms with E-state index in [0.717, 1.165) is 30.0 Å². The van der Waals surface area contributed by atoms with Gasteiger partial charge in [-0.05, 0) is 62.6 Å². The maximum absolute atomic E-state index is 12.9. The fourth-order valence-corrected chi connectivity index (χ4v) is 5.89. The molecule has 0 radical (unpaired) electrons. The Labute approximate surface area is 154 Å². The van der Waals surface area contributed by atoms with Crippen molar-refractivity contribution in [2.24, 2.45) is 5.92 Å². The second kappa shape index (κ2) is 6.08. The fourth-order valence-electron chi connectivity index (χ4n) is 4.05. The second-order valence-electron chi connectivity index (χ2n) is 7.88. The van der Waals surface area contributed by atoms with Crippen molar-refractivity contribution in [2.45, 2.75) is 62.4 Å². The zero-order chi connectivity index (χ0) is 18.6. The van der Waals surface area contributed by atoms with Crippen LogP contribution in [0.5, 0.6) is 0 Å². The predicted octanol–water partition coefficient (Wildman–Crippen LogP) is 2.64. The largest absolute Gasteiger partial charge is 0.339 e. The maximum Gasteiger partial charge on any atom is 0.269 e. The first-order valence-electron chi connectivity index (χ1n) is 9.30. The Morgan fingerprint density at radius 3 is 2.38 bits per heavy atom. The Morgan fingerprint density at radius 1 is 1.12 bits per heavy atom. The smallest absolute Gasteiger partial charge is 0.269 e. The van der Waals surface area contributed by atoms with Gasteiger partial charge in [0.15, 0.2) is 0 Å². The highest BCUT2D eigenvalue weighted by molar-refractivity contribution is 7.90. The van der Waals surface area contributed by atoms with E-state index in [1.807, 2.05) is 0 Å². The molecular weight excluding hydrogens is 352 g/mol. The minimum absolute atomic E-state index is 0.0223. The van der Waals surface area contributed by atoms with Crippen molar-refractivity contribution in [1.29, 1.82) is 0 Å². The number of sulfonamides is 1. The molecule has 0 N–H and O–H groups in total. The molecule has 2 aliphatic carbocycles. The third-order valence-corrected chi connectivity index (χ3v) is 7.80. The number of nitrogens with zero attached hydrogens (tertiary/aromatic N) is 2. The number of rotatable bonds is 3. The minimum Gasteiger partial charge on any atom is -0.339 e. The molecule has 0 bridgehead atoms. The third kappa shape index (κ3) is 2.73. The topological polar surface area (TPSA) is 74.8 Å². The molecule has 0 atom stereocenters. The minimum atomic E-state index is -3.83. The molecule has 0 unspecified atom stereocenters. The summed E-state index contributed by atoms with van der Waals surface area (Å²) < 4.78 is 26.5. The van der Waals surface area contributed by atoms with Crippen LogP contribution >= 0.6 is 0 Å². The number of amides is 2. The summed E-state index contributed by atoms with van der Waals surface area (Å²) in [7, 11) is -2.05. The van der Waals surface area contributed by atoms with E-state index < -0.39 is 15.9 Å². The van der Waals surface area contributed by atoms with Gasteiger partial charge in [0.2, 0.25) is 0 Å². The molecule has 2 fully saturated rings. The lowest BCUT2D eigenvalue weighted by molar-refractivity contribution is 0.0678. The molecule has 26 heavy (non-hydrogen) atoms. The molecule has 1 aliphatic heterocycles. The van der Waals surface area contributed by atoms with E-state index in [0.29, 0.717) is 24.3 Å². The molecule has 0 aromatic heterocycles. The zero-order valence-electron chi connectivity index (χ0n) is 15.1. The molecule has 0 saturated heterocycles. The van der Waals surface area contributed by atoms with Crippen molar-refractivity contribution >= 4 is 21.8 Å². The van der Waals surface area contributed by atoms with E-state index in [9.17, 15) is 18.0 Å². The highest BCUT2D eigenvalue weighted by Crippen LogP contribution is 2.40. The average molecular weight is 376 g/mol. The van der Waals surface area contributed by atoms with Crippen molar-refractivity contribution in [3.8, 4) is 0 Å². The summed E-state index contributed by atoms with van der Waals surface area (Å²) in [4.78, 5) is 27.0. The van der Waals surface area contributed by atoms with Crippen molar-refractivity contribution in [2.75, 3.05) is 7.05 Å². The average Bonchev–Trinajstić information content (AvgIpc) is 3.42. The number of carbonyl (C=O) groups is 2. The molecule has 1 heterocycles. The number of hydrogen-bond donors (Lipinski definition) is 0. The highest BCUT2D eigenvalue weighted by atomic mass is 32.2. The van der Waals surface area contributed by atoms with Crippen LogP contribution in [0.1, 0.15) is 66.2 Å². The van der Waals surface area contributed by atoms with Crippen LogP contribution in [0.3, 0.4) is 0 Å². The van der Waals surface area contributed by atoms with E-state index in [-0.39, 0.29) is 28.4 Å². The Morgan fingerprint density at radius 2 is 1.77 bits per heavy atom. The normalized spacial score (nSPS) is 27.3. The molecule has 0 spiro atoms. The first-order valence-corrected chi connectivity index (χ1v) is 10.7. The Hall–Kier alpha value is -1.89. The van der Waals surface area contributed by atoms with Crippen LogP contribution in [-0.4, -0.2) is 48.6 Å². The van der Waals surface area contributed by atoms with Gasteiger partial charge < -0.3 is 4.90 Å². The van der Waals surface area contributed by atoms with Crippen LogP contribution in [0, 0.1) is 5.92 Å². The lowest BCUT2D eigenvalue weighted by Crippen LogP contribution is -2.39. The first kappa shape index (κ1) is 17.5. The lowest BCUT2D eigenvalue weighted by Gasteiger charge is -2.33. The molecule has 1 aromatic carbocycles. The molecule has 140 valence electrons. The van der Waals surface area contributed by atoms with E-state index in [1.54, 1.807) is 18.0 Å². The van der Waals surface area contributed by atoms with Gasteiger partial charge in [-0.3, -0.25) is 9.59 Å². The van der Waals surface area contributed by atoms with E-state index >= 15 is 0 Å². The second-order valence-corrected chi connectivity index (χ2v) is 9.66. The van der Waals surface area contributed by atoms with Crippen LogP contribution in [0.2, 0.25) is 0 Å². The van der Waals surface area contributed by atoms with Gasteiger partial charge in [-0.2, -0.15) is 0 Å². The van der Waals surface area contributed by atoms with Crippen LogP contribution in [0.15, 0.2) is 23.1 Å². The van der Waals surface area contributed by atoms with Gasteiger partial charge in [0.1, 0.15) is 4.90 Å². The summed E-state index contributed by atoms with van der Waals surface area (Å²) in [5, 5.41) is 0. The molecule has 2 saturated carbocycles. The molecule has 7 heteroatoms. The van der Waals surface area contributed by atoms with Crippen molar-refractivity contribution in [1.82, 2.24) is 9.21 Å². The van der Waals surface area contributed by atoms with Gasteiger partial charge in [-0.25, -0.2) is 12.7 Å².